The molecule has 28 heavy (non-hydrogen) atoms. The van der Waals surface area contributed by atoms with Crippen molar-refractivity contribution in [1.82, 2.24) is 9.78 Å². The fourth-order valence-electron chi connectivity index (χ4n) is 2.46. The Balaban J connectivity index is 1.72. The minimum atomic E-state index is -4.36. The summed E-state index contributed by atoms with van der Waals surface area (Å²) in [5.74, 6) is 1.03. The van der Waals surface area contributed by atoms with Crippen LogP contribution in [-0.2, 0) is 24.7 Å². The quantitative estimate of drug-likeness (QED) is 0.357. The van der Waals surface area contributed by atoms with Crippen LogP contribution in [0.5, 0.6) is 0 Å². The Labute approximate surface area is 179 Å². The summed E-state index contributed by atoms with van der Waals surface area (Å²) in [5, 5.41) is 5.62. The lowest BCUT2D eigenvalue weighted by Gasteiger charge is -2.09. The van der Waals surface area contributed by atoms with Gasteiger partial charge in [0.15, 0.2) is 0 Å². The molecular weight excluding hydrogens is 448 g/mol. The van der Waals surface area contributed by atoms with Crippen LogP contribution in [0.4, 0.5) is 13.2 Å². The summed E-state index contributed by atoms with van der Waals surface area (Å²) in [7, 11) is 1.75. The van der Waals surface area contributed by atoms with Crippen molar-refractivity contribution in [2.45, 2.75) is 27.5 Å². The van der Waals surface area contributed by atoms with Crippen molar-refractivity contribution >= 4 is 46.7 Å². The molecule has 148 valence electrons. The maximum Gasteiger partial charge on any atom is 0.416 e. The first kappa shape index (κ1) is 21.4. The van der Waals surface area contributed by atoms with Gasteiger partial charge >= 0.3 is 6.18 Å². The molecule has 0 fully saturated rings. The fraction of sp³-hybridized carbons (Fsp3) is 0.211. The number of aryl methyl sites for hydroxylation is 1. The number of rotatable bonds is 6. The van der Waals surface area contributed by atoms with E-state index in [9.17, 15) is 13.2 Å². The van der Waals surface area contributed by atoms with Crippen molar-refractivity contribution < 1.29 is 13.2 Å². The molecular formula is C19H15Cl2F3N2S2. The van der Waals surface area contributed by atoms with E-state index in [-0.39, 0.29) is 0 Å². The first-order chi connectivity index (χ1) is 13.2. The van der Waals surface area contributed by atoms with E-state index in [1.807, 2.05) is 24.3 Å². The van der Waals surface area contributed by atoms with E-state index < -0.39 is 11.7 Å². The maximum atomic E-state index is 12.9. The highest BCUT2D eigenvalue weighted by Gasteiger charge is 2.30. The second-order valence-corrected chi connectivity index (χ2v) is 8.79. The number of hydrogen-bond donors (Lipinski definition) is 0. The van der Waals surface area contributed by atoms with Crippen LogP contribution in [0.2, 0.25) is 10.2 Å². The van der Waals surface area contributed by atoms with E-state index in [4.69, 9.17) is 23.2 Å². The Morgan fingerprint density at radius 1 is 0.964 bits per heavy atom. The summed E-state index contributed by atoms with van der Waals surface area (Å²) in [4.78, 5) is 1.58. The molecule has 0 aliphatic heterocycles. The van der Waals surface area contributed by atoms with Gasteiger partial charge in [-0.3, -0.25) is 4.68 Å². The zero-order chi connectivity index (χ0) is 20.3. The third kappa shape index (κ3) is 5.41. The average Bonchev–Trinajstić information content (AvgIpc) is 2.93. The van der Waals surface area contributed by atoms with Gasteiger partial charge in [-0.15, -0.1) is 23.5 Å². The molecule has 0 amide bonds. The Bertz CT molecular complexity index is 957. The van der Waals surface area contributed by atoms with Gasteiger partial charge in [0.05, 0.1) is 11.3 Å². The lowest BCUT2D eigenvalue weighted by Crippen LogP contribution is -2.04. The molecule has 3 rings (SSSR count). The Morgan fingerprint density at radius 3 is 2.32 bits per heavy atom. The van der Waals surface area contributed by atoms with Gasteiger partial charge < -0.3 is 0 Å². The smallest absolute Gasteiger partial charge is 0.256 e. The predicted molar refractivity (Wildman–Crippen MR) is 110 cm³/mol. The number of aromatic nitrogens is 2. The van der Waals surface area contributed by atoms with E-state index in [0.29, 0.717) is 26.6 Å². The van der Waals surface area contributed by atoms with Crippen LogP contribution >= 0.6 is 46.7 Å². The predicted octanol–water partition coefficient (Wildman–Crippen LogP) is 7.33. The van der Waals surface area contributed by atoms with Crippen molar-refractivity contribution in [3.63, 3.8) is 0 Å². The summed E-state index contributed by atoms with van der Waals surface area (Å²) >= 11 is 15.2. The normalized spacial score (nSPS) is 11.8. The van der Waals surface area contributed by atoms with Gasteiger partial charge in [0.25, 0.3) is 0 Å². The summed E-state index contributed by atoms with van der Waals surface area (Å²) in [6.45, 7) is 0. The number of nitrogens with zero attached hydrogens (tertiary/aromatic N) is 2. The highest BCUT2D eigenvalue weighted by Crippen LogP contribution is 2.35. The molecule has 2 aromatic carbocycles. The molecule has 0 N–H and O–H groups in total. The van der Waals surface area contributed by atoms with E-state index in [1.165, 1.54) is 17.8 Å². The van der Waals surface area contributed by atoms with Gasteiger partial charge in [-0.2, -0.15) is 18.3 Å². The van der Waals surface area contributed by atoms with Crippen molar-refractivity contribution in [3.05, 3.63) is 75.5 Å². The lowest BCUT2D eigenvalue weighted by molar-refractivity contribution is -0.137. The number of alkyl halides is 3. The van der Waals surface area contributed by atoms with Crippen LogP contribution in [0, 0.1) is 0 Å². The number of hydrogen-bond acceptors (Lipinski definition) is 3. The molecule has 0 radical (unpaired) electrons. The molecule has 0 saturated heterocycles. The van der Waals surface area contributed by atoms with Gasteiger partial charge in [0, 0.05) is 38.9 Å². The number of halogens is 5. The molecule has 0 aliphatic rings. The second-order valence-electron chi connectivity index (χ2n) is 5.90. The van der Waals surface area contributed by atoms with E-state index in [2.05, 4.69) is 5.10 Å². The van der Waals surface area contributed by atoms with E-state index in [0.717, 1.165) is 28.3 Å². The molecule has 0 bridgehead atoms. The van der Waals surface area contributed by atoms with Crippen LogP contribution in [0.25, 0.3) is 0 Å². The minimum absolute atomic E-state index is 0.435. The van der Waals surface area contributed by atoms with Crippen LogP contribution in [0.3, 0.4) is 0 Å². The topological polar surface area (TPSA) is 17.8 Å². The number of thioether (sulfide) groups is 2. The molecule has 3 aromatic rings. The highest BCUT2D eigenvalue weighted by molar-refractivity contribution is 7.99. The average molecular weight is 463 g/mol. The summed E-state index contributed by atoms with van der Waals surface area (Å²) in [6, 6.07) is 12.8. The molecule has 0 aliphatic carbocycles. The molecule has 0 spiro atoms. The van der Waals surface area contributed by atoms with Crippen LogP contribution in [-0.4, -0.2) is 9.78 Å². The van der Waals surface area contributed by atoms with Gasteiger partial charge in [-0.1, -0.05) is 29.3 Å². The van der Waals surface area contributed by atoms with Crippen LogP contribution in [0.15, 0.2) is 58.3 Å². The monoisotopic (exact) mass is 462 g/mol. The van der Waals surface area contributed by atoms with Gasteiger partial charge in [-0.05, 0) is 42.5 Å². The van der Waals surface area contributed by atoms with Crippen LogP contribution < -0.4 is 0 Å². The Kier molecular flexibility index (Phi) is 6.91. The first-order valence-electron chi connectivity index (χ1n) is 8.12. The highest BCUT2D eigenvalue weighted by atomic mass is 35.5. The first-order valence-corrected chi connectivity index (χ1v) is 10.9. The zero-order valence-electron chi connectivity index (χ0n) is 14.6. The van der Waals surface area contributed by atoms with Crippen molar-refractivity contribution in [2.75, 3.05) is 0 Å². The van der Waals surface area contributed by atoms with Gasteiger partial charge in [-0.25, -0.2) is 0 Å². The largest absolute Gasteiger partial charge is 0.416 e. The summed E-state index contributed by atoms with van der Waals surface area (Å²) < 4.78 is 40.3. The third-order valence-corrected chi connectivity index (χ3v) is 6.65. The zero-order valence-corrected chi connectivity index (χ0v) is 17.8. The molecule has 1 aromatic heterocycles. The van der Waals surface area contributed by atoms with Crippen LogP contribution in [0.1, 0.15) is 16.8 Å². The lowest BCUT2D eigenvalue weighted by atomic mass is 10.2. The molecule has 2 nitrogen and oxygen atoms in total. The van der Waals surface area contributed by atoms with Crippen molar-refractivity contribution in [1.29, 1.82) is 0 Å². The van der Waals surface area contributed by atoms with E-state index in [1.54, 1.807) is 29.6 Å². The Hall–Kier alpha value is -1.28. The third-order valence-electron chi connectivity index (χ3n) is 3.89. The molecule has 1 heterocycles. The molecule has 0 atom stereocenters. The fourth-order valence-corrected chi connectivity index (χ4v) is 4.74. The molecule has 0 saturated carbocycles. The number of benzene rings is 2. The molecule has 9 heteroatoms. The molecule has 0 unspecified atom stereocenters. The maximum absolute atomic E-state index is 12.9. The summed E-state index contributed by atoms with van der Waals surface area (Å²) in [5.41, 5.74) is 0.980. The SMILES string of the molecule is Cn1nc(CSc2ccc(Cl)cc2)c(CSc2cccc(C(F)(F)F)c2)c1Cl. The minimum Gasteiger partial charge on any atom is -0.256 e. The second kappa shape index (κ2) is 9.03. The van der Waals surface area contributed by atoms with Crippen molar-refractivity contribution in [3.8, 4) is 0 Å². The van der Waals surface area contributed by atoms with E-state index >= 15 is 0 Å². The van der Waals surface area contributed by atoms with Crippen molar-refractivity contribution in [2.24, 2.45) is 7.05 Å². The van der Waals surface area contributed by atoms with Gasteiger partial charge in [0.2, 0.25) is 0 Å². The summed E-state index contributed by atoms with van der Waals surface area (Å²) in [6.07, 6.45) is -4.36. The Morgan fingerprint density at radius 2 is 1.64 bits per heavy atom. The standard InChI is InChI=1S/C19H15Cl2F3N2S2/c1-26-18(21)16(10-27-15-4-2-3-12(9-15)19(22,23)24)17(25-26)11-28-14-7-5-13(20)6-8-14/h2-9H,10-11H2,1H3. The van der Waals surface area contributed by atoms with Gasteiger partial charge in [0.1, 0.15) is 5.15 Å².